The summed E-state index contributed by atoms with van der Waals surface area (Å²) in [6.45, 7) is 57.9. The third-order valence-electron chi connectivity index (χ3n) is 33.8. The van der Waals surface area contributed by atoms with Gasteiger partial charge in [0.2, 0.25) is 11.4 Å². The minimum Gasteiger partial charge on any atom is -0.307 e. The van der Waals surface area contributed by atoms with Crippen LogP contribution < -0.4 is 0 Å². The Kier molecular flexibility index (Phi) is 23.0. The van der Waals surface area contributed by atoms with E-state index in [2.05, 4.69) is 91.1 Å². The van der Waals surface area contributed by atoms with Gasteiger partial charge in [-0.1, -0.05) is 196 Å². The molecule has 0 aliphatic heterocycles. The Morgan fingerprint density at radius 3 is 1.04 bits per heavy atom. The Bertz CT molecular complexity index is 4260. The molecular formula is C100H132N4O8. The second-order valence-corrected chi connectivity index (χ2v) is 42.2. The van der Waals surface area contributed by atoms with Gasteiger partial charge in [-0.25, -0.2) is 9.69 Å². The molecule has 0 aromatic carbocycles. The summed E-state index contributed by atoms with van der Waals surface area (Å²) in [6, 6.07) is 3.98. The molecule has 0 amide bonds. The number of ketones is 8. The summed E-state index contributed by atoms with van der Waals surface area (Å²) >= 11 is 0. The molecule has 0 radical (unpaired) electrons. The van der Waals surface area contributed by atoms with E-state index in [1.54, 1.807) is 47.6 Å². The maximum Gasteiger partial charge on any atom is 0.226 e. The van der Waals surface area contributed by atoms with Crippen molar-refractivity contribution in [2.75, 3.05) is 0 Å². The minimum absolute atomic E-state index is 0.0344. The van der Waals surface area contributed by atoms with Crippen LogP contribution >= 0.6 is 0 Å². The van der Waals surface area contributed by atoms with E-state index < -0.39 is 21.7 Å². The third-order valence-corrected chi connectivity index (χ3v) is 33.8. The van der Waals surface area contributed by atoms with Crippen molar-refractivity contribution in [3.05, 3.63) is 139 Å². The molecule has 16 aliphatic rings. The van der Waals surface area contributed by atoms with Gasteiger partial charge in [-0.3, -0.25) is 28.8 Å². The lowest BCUT2D eigenvalue weighted by Crippen LogP contribution is -2.54. The molecule has 112 heavy (non-hydrogen) atoms. The fraction of sp³-hybridized carbons (Fsp3) is 0.680. The number of hydrogen-bond acceptors (Lipinski definition) is 10. The molecule has 0 unspecified atom stereocenters. The van der Waals surface area contributed by atoms with Crippen LogP contribution in [0.15, 0.2) is 116 Å². The van der Waals surface area contributed by atoms with Gasteiger partial charge in [-0.2, -0.15) is 10.5 Å². The average molecular weight is 1520 g/mol. The van der Waals surface area contributed by atoms with Crippen LogP contribution in [-0.4, -0.2) is 46.3 Å². The Labute approximate surface area is 672 Å². The Morgan fingerprint density at radius 1 is 0.366 bits per heavy atom. The van der Waals surface area contributed by atoms with Crippen molar-refractivity contribution in [1.29, 1.82) is 10.5 Å². The van der Waals surface area contributed by atoms with Crippen LogP contribution in [0.25, 0.3) is 9.69 Å². The van der Waals surface area contributed by atoms with Crippen LogP contribution in [0, 0.1) is 135 Å². The van der Waals surface area contributed by atoms with E-state index in [9.17, 15) is 48.9 Å². The molecule has 16 rings (SSSR count). The lowest BCUT2D eigenvalue weighted by Gasteiger charge is -2.60. The summed E-state index contributed by atoms with van der Waals surface area (Å²) in [5.74, 6) is 2.18. The fourth-order valence-electron chi connectivity index (χ4n) is 27.2. The van der Waals surface area contributed by atoms with Gasteiger partial charge in [-0.15, -0.1) is 0 Å². The van der Waals surface area contributed by atoms with Gasteiger partial charge < -0.3 is 9.59 Å². The quantitative estimate of drug-likeness (QED) is 0.166. The van der Waals surface area contributed by atoms with E-state index in [0.717, 1.165) is 99.3 Å². The second kappa shape index (κ2) is 30.1. The van der Waals surface area contributed by atoms with E-state index in [1.165, 1.54) is 127 Å². The number of fused-ring (bicyclic) bond motifs is 14. The highest BCUT2D eigenvalue weighted by atomic mass is 16.2. The Morgan fingerprint density at radius 2 is 0.705 bits per heavy atom. The molecule has 0 spiro atoms. The molecule has 0 heterocycles. The van der Waals surface area contributed by atoms with Crippen LogP contribution in [0.5, 0.6) is 0 Å². The fourth-order valence-corrected chi connectivity index (χ4v) is 27.2. The lowest BCUT2D eigenvalue weighted by atomic mass is 9.44. The van der Waals surface area contributed by atoms with E-state index in [0.29, 0.717) is 56.6 Å². The first-order valence-corrected chi connectivity index (χ1v) is 43.1. The number of Topliss-reactive ketones (excluding diaryl/α,β-unsaturated/α-hetero) is 6. The molecule has 0 aromatic rings. The molecule has 12 nitrogen and oxygen atoms in total. The van der Waals surface area contributed by atoms with Crippen LogP contribution in [0.3, 0.4) is 0 Å². The summed E-state index contributed by atoms with van der Waals surface area (Å²) in [4.78, 5) is 105. The number of allylic oxidation sites excluding steroid dienone is 20. The first-order valence-electron chi connectivity index (χ1n) is 43.1. The monoisotopic (exact) mass is 1520 g/mol. The van der Waals surface area contributed by atoms with Crippen molar-refractivity contribution in [3.63, 3.8) is 0 Å². The van der Waals surface area contributed by atoms with Crippen LogP contribution in [0.2, 0.25) is 0 Å². The predicted molar refractivity (Wildman–Crippen MR) is 443 cm³/mol. The molecule has 0 N–H and O–H groups in total. The van der Waals surface area contributed by atoms with Crippen molar-refractivity contribution >= 4 is 46.3 Å². The SMILES string of the molecule is CC1(C)C(=O)CC[C@@]2(C)C3=CCCC[C@@]3(C)CC[C@H]12.CC1(C)C(=O)CC[C@]2(C)C3=CCCC[C@]3(C)CC[C@@H]12.CC1=C2CCCC[C@@]2(C)CCC1=O.CC1=C2CCCC[C@]2(C)CCC1=O.[C-]#[N+]C1=C[C@@]2(C)C3=CC(=O)C(C#N)=C[C@@]3(C)CC[C@@H]2C(C)(C)C1=O.[C-]#[N+]C1=C[C@]2(C)C3=CC(=O)C(C#N)=C[C@]3(C)CC[C@H]2C(C)(C)C1=O. The van der Waals surface area contributed by atoms with Crippen molar-refractivity contribution in [1.82, 2.24) is 0 Å². The minimum atomic E-state index is -0.645. The van der Waals surface area contributed by atoms with E-state index in [4.69, 9.17) is 13.1 Å². The maximum atomic E-state index is 12.7. The number of nitriles is 2. The average Bonchev–Trinajstić information content (AvgIpc) is 0.701. The van der Waals surface area contributed by atoms with Gasteiger partial charge in [-0.05, 0) is 259 Å². The van der Waals surface area contributed by atoms with Gasteiger partial charge in [0.15, 0.2) is 34.7 Å². The highest BCUT2D eigenvalue weighted by Crippen LogP contribution is 2.69. The summed E-state index contributed by atoms with van der Waals surface area (Å²) in [7, 11) is 0. The van der Waals surface area contributed by atoms with Crippen molar-refractivity contribution in [2.24, 2.45) is 99.5 Å². The topological polar surface area (TPSA) is 193 Å². The first-order chi connectivity index (χ1) is 52.1. The molecular weight excluding hydrogens is 1390 g/mol. The molecule has 12 heteroatoms. The summed E-state index contributed by atoms with van der Waals surface area (Å²) < 4.78 is 0. The smallest absolute Gasteiger partial charge is 0.226 e. The van der Waals surface area contributed by atoms with Gasteiger partial charge >= 0.3 is 0 Å². The van der Waals surface area contributed by atoms with Crippen LogP contribution in [0.1, 0.15) is 331 Å². The summed E-state index contributed by atoms with van der Waals surface area (Å²) in [5.41, 5.74) is 9.95. The van der Waals surface area contributed by atoms with Crippen molar-refractivity contribution < 1.29 is 38.4 Å². The summed E-state index contributed by atoms with van der Waals surface area (Å²) in [6.07, 6.45) is 49.2. The molecule has 0 bridgehead atoms. The van der Waals surface area contributed by atoms with Gasteiger partial charge in [0.25, 0.3) is 0 Å². The van der Waals surface area contributed by atoms with Gasteiger partial charge in [0.1, 0.15) is 23.7 Å². The molecule has 0 aromatic heterocycles. The molecule has 0 saturated heterocycles. The Balaban J connectivity index is 0.000000135. The standard InChI is InChI=1S/2C20H20N2O2.2C18H28O.2C12H18O/c2*1-18(2)15-6-7-19(3)9-12(11-21)14(23)8-16(19)20(15,4)10-13(22-5)17(18)24;2*1-16(2)13-8-11-17(3)10-6-5-7-14(17)18(13,4)12-9-15(16)19;2*1-9-10-5-3-4-7-12(10,2)8-6-11(9)13/h2*8-10,15H,6-7H2,1-4H3;2*7,13H,5-6,8-12H2,1-4H3;2*3-8H2,1-2H3/t2*15-,19-,20-;2*13-,17+,18-;2*12-/m101010/s1. The van der Waals surface area contributed by atoms with Gasteiger partial charge in [0.05, 0.1) is 24.3 Å². The van der Waals surface area contributed by atoms with Crippen LogP contribution in [-0.2, 0) is 38.4 Å². The van der Waals surface area contributed by atoms with E-state index in [1.807, 2.05) is 81.4 Å². The molecule has 14 atom stereocenters. The Hall–Kier alpha value is -7.28. The van der Waals surface area contributed by atoms with E-state index in [-0.39, 0.29) is 90.0 Å². The first kappa shape index (κ1) is 85.6. The number of carbonyl (C=O) groups is 8. The largest absolute Gasteiger partial charge is 0.307 e. The third kappa shape index (κ3) is 14.3. The molecule has 8 fully saturated rings. The number of hydrogen-bond donors (Lipinski definition) is 0. The summed E-state index contributed by atoms with van der Waals surface area (Å²) in [5, 5.41) is 18.4. The number of nitrogens with zero attached hydrogens (tertiary/aromatic N) is 4. The number of rotatable bonds is 0. The highest BCUT2D eigenvalue weighted by Gasteiger charge is 2.63. The maximum absolute atomic E-state index is 12.7. The molecule has 600 valence electrons. The predicted octanol–water partition coefficient (Wildman–Crippen LogP) is 23.9. The zero-order valence-electron chi connectivity index (χ0n) is 72.2. The molecule has 8 saturated carbocycles. The lowest BCUT2D eigenvalue weighted by molar-refractivity contribution is -0.142. The van der Waals surface area contributed by atoms with E-state index >= 15 is 0 Å². The zero-order valence-corrected chi connectivity index (χ0v) is 72.2. The van der Waals surface area contributed by atoms with Crippen molar-refractivity contribution in [2.45, 2.75) is 331 Å². The zero-order chi connectivity index (χ0) is 82.6. The van der Waals surface area contributed by atoms with Crippen LogP contribution in [0.4, 0.5) is 0 Å². The molecule has 16 aliphatic carbocycles. The second-order valence-electron chi connectivity index (χ2n) is 42.2. The van der Waals surface area contributed by atoms with Gasteiger partial charge in [0, 0.05) is 69.0 Å². The number of carbonyl (C=O) groups excluding carboxylic acids is 8. The normalized spacial score (nSPS) is 39.3. The highest BCUT2D eigenvalue weighted by molar-refractivity contribution is 6.10. The van der Waals surface area contributed by atoms with Crippen molar-refractivity contribution in [3.8, 4) is 12.1 Å².